The molecule has 0 aliphatic heterocycles. The number of nitrogens with one attached hydrogen (secondary N) is 3. The smallest absolute Gasteiger partial charge is 0.319 e. The highest BCUT2D eigenvalue weighted by atomic mass is 35.5. The Bertz CT molecular complexity index is 1070. The molecule has 2 aliphatic carbocycles. The Morgan fingerprint density at radius 2 is 1.42 bits per heavy atom. The molecule has 2 aromatic carbocycles. The summed E-state index contributed by atoms with van der Waals surface area (Å²) in [4.78, 5) is 25.2. The fraction of sp³-hybridized carbons (Fsp3) is 0.364. The Kier molecular flexibility index (Phi) is 5.94. The predicted molar refractivity (Wildman–Crippen MR) is 120 cm³/mol. The van der Waals surface area contributed by atoms with E-state index in [2.05, 4.69) is 16.0 Å². The van der Waals surface area contributed by atoms with Gasteiger partial charge in [-0.25, -0.2) is 13.2 Å². The molecule has 2 fully saturated rings. The van der Waals surface area contributed by atoms with Crippen molar-refractivity contribution in [3.05, 3.63) is 53.6 Å². The monoisotopic (exact) mass is 461 g/mol. The molecule has 0 bridgehead atoms. The van der Waals surface area contributed by atoms with Crippen molar-refractivity contribution in [2.24, 2.45) is 0 Å². The van der Waals surface area contributed by atoms with Crippen LogP contribution >= 0.6 is 11.6 Å². The van der Waals surface area contributed by atoms with Crippen molar-refractivity contribution in [3.8, 4) is 0 Å². The number of rotatable bonds is 6. The molecular weight excluding hydrogens is 438 g/mol. The van der Waals surface area contributed by atoms with Crippen LogP contribution in [0, 0.1) is 0 Å². The van der Waals surface area contributed by atoms with E-state index in [-0.39, 0.29) is 29.8 Å². The Morgan fingerprint density at radius 3 is 1.97 bits per heavy atom. The van der Waals surface area contributed by atoms with Gasteiger partial charge in [0.05, 0.1) is 4.90 Å². The predicted octanol–water partition coefficient (Wildman–Crippen LogP) is 4.35. The summed E-state index contributed by atoms with van der Waals surface area (Å²) in [6.45, 7) is 0. The number of amides is 3. The molecule has 4 rings (SSSR count). The number of hydrogen-bond donors (Lipinski definition) is 3. The zero-order valence-corrected chi connectivity index (χ0v) is 18.4. The molecule has 0 radical (unpaired) electrons. The van der Waals surface area contributed by atoms with Gasteiger partial charge in [-0.05, 0) is 74.2 Å². The number of anilines is 2. The summed E-state index contributed by atoms with van der Waals surface area (Å²) in [5.41, 5.74) is 1.05. The van der Waals surface area contributed by atoms with Gasteiger partial charge in [-0.1, -0.05) is 24.4 Å². The molecule has 2 aromatic rings. The van der Waals surface area contributed by atoms with E-state index in [0.29, 0.717) is 29.2 Å². The molecule has 7 nitrogen and oxygen atoms in total. The maximum absolute atomic E-state index is 13.4. The van der Waals surface area contributed by atoms with Crippen LogP contribution in [0.1, 0.15) is 38.5 Å². The summed E-state index contributed by atoms with van der Waals surface area (Å²) in [6.07, 6.45) is 3.87. The van der Waals surface area contributed by atoms with E-state index in [1.54, 1.807) is 24.3 Å². The average Bonchev–Trinajstić information content (AvgIpc) is 3.39. The van der Waals surface area contributed by atoms with Gasteiger partial charge in [-0.15, -0.1) is 0 Å². The first-order valence-corrected chi connectivity index (χ1v) is 12.2. The van der Waals surface area contributed by atoms with Crippen LogP contribution in [0.15, 0.2) is 53.4 Å². The van der Waals surface area contributed by atoms with Gasteiger partial charge in [0.25, 0.3) is 0 Å². The SMILES string of the molecule is O=C(Nc1ccc(NC(=O)C2(S(=O)(=O)c3ccc(Cl)cc3)CCCC2)cc1)NC1CC1. The summed E-state index contributed by atoms with van der Waals surface area (Å²) in [5.74, 6) is -0.535. The van der Waals surface area contributed by atoms with Gasteiger partial charge >= 0.3 is 6.03 Å². The third-order valence-electron chi connectivity index (χ3n) is 5.78. The minimum atomic E-state index is -3.90. The van der Waals surface area contributed by atoms with E-state index >= 15 is 0 Å². The first-order chi connectivity index (χ1) is 14.8. The summed E-state index contributed by atoms with van der Waals surface area (Å²) in [5, 5.41) is 8.77. The lowest BCUT2D eigenvalue weighted by atomic mass is 10.1. The Morgan fingerprint density at radius 1 is 0.871 bits per heavy atom. The van der Waals surface area contributed by atoms with Crippen molar-refractivity contribution >= 4 is 44.8 Å². The van der Waals surface area contributed by atoms with E-state index in [1.165, 1.54) is 24.3 Å². The van der Waals surface area contributed by atoms with Crippen molar-refractivity contribution in [1.82, 2.24) is 5.32 Å². The zero-order valence-electron chi connectivity index (χ0n) is 16.9. The lowest BCUT2D eigenvalue weighted by molar-refractivity contribution is -0.118. The van der Waals surface area contributed by atoms with Gasteiger partial charge in [-0.3, -0.25) is 4.79 Å². The molecule has 0 unspecified atom stereocenters. The highest BCUT2D eigenvalue weighted by molar-refractivity contribution is 7.93. The Hall–Kier alpha value is -2.58. The Labute approximate surface area is 186 Å². The Balaban J connectivity index is 1.49. The van der Waals surface area contributed by atoms with Crippen LogP contribution in [-0.4, -0.2) is 31.1 Å². The molecule has 3 amide bonds. The van der Waals surface area contributed by atoms with Crippen molar-refractivity contribution in [2.75, 3.05) is 10.6 Å². The van der Waals surface area contributed by atoms with E-state index < -0.39 is 20.5 Å². The second-order valence-corrected chi connectivity index (χ2v) is 10.8. The molecule has 9 heteroatoms. The van der Waals surface area contributed by atoms with Crippen LogP contribution in [0.4, 0.5) is 16.2 Å². The molecule has 0 saturated heterocycles. The first-order valence-electron chi connectivity index (χ1n) is 10.3. The number of benzene rings is 2. The molecule has 0 heterocycles. The summed E-state index contributed by atoms with van der Waals surface area (Å²) in [7, 11) is -3.90. The van der Waals surface area contributed by atoms with Gasteiger partial charge in [-0.2, -0.15) is 0 Å². The van der Waals surface area contributed by atoms with Gasteiger partial charge in [0.1, 0.15) is 0 Å². The van der Waals surface area contributed by atoms with E-state index in [4.69, 9.17) is 11.6 Å². The second kappa shape index (κ2) is 8.51. The molecule has 31 heavy (non-hydrogen) atoms. The maximum Gasteiger partial charge on any atom is 0.319 e. The lowest BCUT2D eigenvalue weighted by Crippen LogP contribution is -2.47. The number of carbonyl (C=O) groups is 2. The molecule has 164 valence electrons. The van der Waals surface area contributed by atoms with Crippen LogP contribution in [0.25, 0.3) is 0 Å². The standard InChI is InChI=1S/C22H24ClN3O4S/c23-15-3-11-19(12-4-15)31(29,30)22(13-1-2-14-22)20(27)24-16-5-7-17(8-6-16)25-21(28)26-18-9-10-18/h3-8,11-12,18H,1-2,9-10,13-14H2,(H,24,27)(H2,25,26,28). The normalized spacial score (nSPS) is 17.7. The number of hydrogen-bond acceptors (Lipinski definition) is 4. The third-order valence-corrected chi connectivity index (χ3v) is 8.54. The molecule has 0 atom stereocenters. The minimum Gasteiger partial charge on any atom is -0.335 e. The summed E-state index contributed by atoms with van der Waals surface area (Å²) < 4.78 is 25.3. The number of carbonyl (C=O) groups excluding carboxylic acids is 2. The topological polar surface area (TPSA) is 104 Å². The lowest BCUT2D eigenvalue weighted by Gasteiger charge is -2.27. The van der Waals surface area contributed by atoms with Crippen molar-refractivity contribution in [3.63, 3.8) is 0 Å². The first kappa shape index (κ1) is 21.6. The van der Waals surface area contributed by atoms with Gasteiger partial charge in [0.2, 0.25) is 5.91 Å². The summed E-state index contributed by atoms with van der Waals surface area (Å²) >= 11 is 5.89. The maximum atomic E-state index is 13.4. The highest BCUT2D eigenvalue weighted by Crippen LogP contribution is 2.41. The fourth-order valence-corrected chi connectivity index (χ4v) is 6.06. The van der Waals surface area contributed by atoms with E-state index in [9.17, 15) is 18.0 Å². The molecule has 3 N–H and O–H groups in total. The van der Waals surface area contributed by atoms with Gasteiger partial charge < -0.3 is 16.0 Å². The molecule has 0 aromatic heterocycles. The quantitative estimate of drug-likeness (QED) is 0.594. The third kappa shape index (κ3) is 4.55. The second-order valence-electron chi connectivity index (χ2n) is 8.06. The van der Waals surface area contributed by atoms with E-state index in [1.807, 2.05) is 0 Å². The molecular formula is C22H24ClN3O4S. The van der Waals surface area contributed by atoms with Gasteiger partial charge in [0, 0.05) is 22.4 Å². The van der Waals surface area contributed by atoms with E-state index in [0.717, 1.165) is 12.8 Å². The van der Waals surface area contributed by atoms with Gasteiger partial charge in [0.15, 0.2) is 14.6 Å². The molecule has 0 spiro atoms. The largest absolute Gasteiger partial charge is 0.335 e. The van der Waals surface area contributed by atoms with Crippen molar-refractivity contribution < 1.29 is 18.0 Å². The van der Waals surface area contributed by atoms with Crippen LogP contribution in [-0.2, 0) is 14.6 Å². The summed E-state index contributed by atoms with van der Waals surface area (Å²) in [6, 6.07) is 12.5. The minimum absolute atomic E-state index is 0.0928. The molecule has 2 aliphatic rings. The zero-order chi connectivity index (χ0) is 22.1. The van der Waals surface area contributed by atoms with Crippen molar-refractivity contribution in [2.45, 2.75) is 54.2 Å². The average molecular weight is 462 g/mol. The van der Waals surface area contributed by atoms with Crippen LogP contribution in [0.3, 0.4) is 0 Å². The number of halogens is 1. The van der Waals surface area contributed by atoms with Crippen LogP contribution < -0.4 is 16.0 Å². The fourth-order valence-electron chi connectivity index (χ4n) is 3.87. The van der Waals surface area contributed by atoms with Crippen LogP contribution in [0.2, 0.25) is 5.02 Å². The van der Waals surface area contributed by atoms with Crippen molar-refractivity contribution in [1.29, 1.82) is 0 Å². The van der Waals surface area contributed by atoms with Crippen LogP contribution in [0.5, 0.6) is 0 Å². The highest BCUT2D eigenvalue weighted by Gasteiger charge is 2.52. The molecule has 2 saturated carbocycles. The number of urea groups is 1. The number of sulfone groups is 1.